The summed E-state index contributed by atoms with van der Waals surface area (Å²) in [4.78, 5) is 10.6. The molecule has 0 saturated heterocycles. The summed E-state index contributed by atoms with van der Waals surface area (Å²) in [6.45, 7) is 3.32. The lowest BCUT2D eigenvalue weighted by Gasteiger charge is -2.16. The molecule has 0 amide bonds. The second kappa shape index (κ2) is 7.79. The molecule has 5 nitrogen and oxygen atoms in total. The highest BCUT2D eigenvalue weighted by molar-refractivity contribution is 5.40. The maximum Gasteiger partial charge on any atom is 0.272 e. The lowest BCUT2D eigenvalue weighted by Crippen LogP contribution is -2.29. The van der Waals surface area contributed by atoms with Crippen molar-refractivity contribution in [2.45, 2.75) is 25.8 Å². The van der Waals surface area contributed by atoms with Gasteiger partial charge in [0.15, 0.2) is 0 Å². The Labute approximate surface area is 107 Å². The van der Waals surface area contributed by atoms with Gasteiger partial charge in [0.2, 0.25) is 0 Å². The second-order valence-electron chi connectivity index (χ2n) is 4.06. The number of hydrogen-bond acceptors (Lipinski definition) is 4. The number of rotatable bonds is 8. The van der Waals surface area contributed by atoms with E-state index in [1.165, 1.54) is 0 Å². The van der Waals surface area contributed by atoms with Crippen molar-refractivity contribution in [3.05, 3.63) is 39.9 Å². The molecule has 1 unspecified atom stereocenters. The Morgan fingerprint density at radius 2 is 2.17 bits per heavy atom. The van der Waals surface area contributed by atoms with Gasteiger partial charge in [-0.3, -0.25) is 10.1 Å². The molecule has 1 aromatic carbocycles. The van der Waals surface area contributed by atoms with E-state index in [-0.39, 0.29) is 16.7 Å². The summed E-state index contributed by atoms with van der Waals surface area (Å²) in [7, 11) is 1.87. The fraction of sp³-hybridized carbons (Fsp3) is 0.538. The lowest BCUT2D eigenvalue weighted by molar-refractivity contribution is -0.385. The standard InChI is InChI=1S/C13H20N2O3/c1-3-18-9-8-12(14-2)10-11-6-4-5-7-13(11)15(16)17/h4-7,12,14H,3,8-10H2,1-2H3. The van der Waals surface area contributed by atoms with Crippen LogP contribution in [-0.4, -0.2) is 31.2 Å². The molecule has 0 bridgehead atoms. The molecular weight excluding hydrogens is 232 g/mol. The predicted octanol–water partition coefficient (Wildman–Crippen LogP) is 2.15. The molecule has 18 heavy (non-hydrogen) atoms. The Bertz CT molecular complexity index is 382. The summed E-state index contributed by atoms with van der Waals surface area (Å²) in [5.74, 6) is 0. The number of nitro groups is 1. The fourth-order valence-electron chi connectivity index (χ4n) is 1.85. The zero-order chi connectivity index (χ0) is 13.4. The number of nitrogens with zero attached hydrogens (tertiary/aromatic N) is 1. The minimum Gasteiger partial charge on any atom is -0.382 e. The third kappa shape index (κ3) is 4.43. The van der Waals surface area contributed by atoms with Gasteiger partial charge in [-0.1, -0.05) is 18.2 Å². The topological polar surface area (TPSA) is 64.4 Å². The average molecular weight is 252 g/mol. The summed E-state index contributed by atoms with van der Waals surface area (Å²) < 4.78 is 5.31. The zero-order valence-electron chi connectivity index (χ0n) is 10.9. The van der Waals surface area contributed by atoms with Crippen LogP contribution in [0, 0.1) is 10.1 Å². The van der Waals surface area contributed by atoms with Gasteiger partial charge in [-0.2, -0.15) is 0 Å². The molecule has 0 fully saturated rings. The Morgan fingerprint density at radius 1 is 1.44 bits per heavy atom. The molecule has 0 radical (unpaired) electrons. The minimum absolute atomic E-state index is 0.189. The van der Waals surface area contributed by atoms with Crippen molar-refractivity contribution < 1.29 is 9.66 Å². The summed E-state index contributed by atoms with van der Waals surface area (Å²) >= 11 is 0. The van der Waals surface area contributed by atoms with Crippen LogP contribution >= 0.6 is 0 Å². The molecular formula is C13H20N2O3. The molecule has 0 aliphatic rings. The monoisotopic (exact) mass is 252 g/mol. The van der Waals surface area contributed by atoms with E-state index in [0.717, 1.165) is 12.0 Å². The number of nitro benzene ring substituents is 1. The van der Waals surface area contributed by atoms with Gasteiger partial charge >= 0.3 is 0 Å². The molecule has 0 spiro atoms. The van der Waals surface area contributed by atoms with Crippen LogP contribution in [0.1, 0.15) is 18.9 Å². The van der Waals surface area contributed by atoms with Crippen LogP contribution in [-0.2, 0) is 11.2 Å². The van der Waals surface area contributed by atoms with Gasteiger partial charge < -0.3 is 10.1 Å². The van der Waals surface area contributed by atoms with E-state index >= 15 is 0 Å². The molecule has 0 aliphatic carbocycles. The number of benzene rings is 1. The second-order valence-corrected chi connectivity index (χ2v) is 4.06. The van der Waals surface area contributed by atoms with Crippen LogP contribution in [0.5, 0.6) is 0 Å². The van der Waals surface area contributed by atoms with E-state index in [0.29, 0.717) is 19.6 Å². The summed E-state index contributed by atoms with van der Waals surface area (Å²) in [5, 5.41) is 14.1. The van der Waals surface area contributed by atoms with Gasteiger partial charge in [-0.25, -0.2) is 0 Å². The molecule has 1 aromatic rings. The summed E-state index contributed by atoms with van der Waals surface area (Å²) in [6, 6.07) is 7.07. The maximum atomic E-state index is 10.9. The van der Waals surface area contributed by atoms with E-state index in [9.17, 15) is 10.1 Å². The van der Waals surface area contributed by atoms with Gasteiger partial charge in [-0.15, -0.1) is 0 Å². The van der Waals surface area contributed by atoms with Gasteiger partial charge in [0.25, 0.3) is 5.69 Å². The maximum absolute atomic E-state index is 10.9. The highest BCUT2D eigenvalue weighted by atomic mass is 16.6. The van der Waals surface area contributed by atoms with Crippen LogP contribution in [0.2, 0.25) is 0 Å². The molecule has 100 valence electrons. The summed E-state index contributed by atoms with van der Waals surface area (Å²) in [5.41, 5.74) is 0.951. The predicted molar refractivity (Wildman–Crippen MR) is 70.8 cm³/mol. The van der Waals surface area contributed by atoms with Gasteiger partial charge in [-0.05, 0) is 26.8 Å². The Hall–Kier alpha value is -1.46. The number of nitrogens with one attached hydrogen (secondary N) is 1. The number of hydrogen-bond donors (Lipinski definition) is 1. The van der Waals surface area contributed by atoms with Crippen molar-refractivity contribution in [1.29, 1.82) is 0 Å². The first-order chi connectivity index (χ1) is 8.69. The van der Waals surface area contributed by atoms with E-state index in [2.05, 4.69) is 5.32 Å². The normalized spacial score (nSPS) is 12.3. The van der Waals surface area contributed by atoms with Crippen LogP contribution in [0.3, 0.4) is 0 Å². The third-order valence-corrected chi connectivity index (χ3v) is 2.88. The quantitative estimate of drug-likeness (QED) is 0.437. The van der Waals surface area contributed by atoms with E-state index in [4.69, 9.17) is 4.74 Å². The van der Waals surface area contributed by atoms with Crippen LogP contribution in [0.15, 0.2) is 24.3 Å². The highest BCUT2D eigenvalue weighted by Crippen LogP contribution is 2.19. The van der Waals surface area contributed by atoms with Crippen molar-refractivity contribution in [2.24, 2.45) is 0 Å². The molecule has 0 aromatic heterocycles. The van der Waals surface area contributed by atoms with Crippen molar-refractivity contribution in [3.63, 3.8) is 0 Å². The number of ether oxygens (including phenoxy) is 1. The van der Waals surface area contributed by atoms with Crippen molar-refractivity contribution in [1.82, 2.24) is 5.32 Å². The Kier molecular flexibility index (Phi) is 6.32. The van der Waals surface area contributed by atoms with E-state index < -0.39 is 0 Å². The highest BCUT2D eigenvalue weighted by Gasteiger charge is 2.16. The first-order valence-electron chi connectivity index (χ1n) is 6.16. The number of para-hydroxylation sites is 1. The van der Waals surface area contributed by atoms with Crippen LogP contribution < -0.4 is 5.32 Å². The van der Waals surface area contributed by atoms with Crippen molar-refractivity contribution in [2.75, 3.05) is 20.3 Å². The van der Waals surface area contributed by atoms with Gasteiger partial charge in [0.1, 0.15) is 0 Å². The van der Waals surface area contributed by atoms with E-state index in [1.807, 2.05) is 26.1 Å². The first kappa shape index (κ1) is 14.6. The zero-order valence-corrected chi connectivity index (χ0v) is 10.9. The lowest BCUT2D eigenvalue weighted by atomic mass is 10.0. The molecule has 1 N–H and O–H groups in total. The fourth-order valence-corrected chi connectivity index (χ4v) is 1.85. The number of likely N-dealkylation sites (N-methyl/N-ethyl adjacent to an activating group) is 1. The van der Waals surface area contributed by atoms with Crippen molar-refractivity contribution in [3.8, 4) is 0 Å². The summed E-state index contributed by atoms with van der Waals surface area (Å²) in [6.07, 6.45) is 1.48. The van der Waals surface area contributed by atoms with Gasteiger partial charge in [0.05, 0.1) is 4.92 Å². The molecule has 1 atom stereocenters. The molecule has 1 rings (SSSR count). The molecule has 5 heteroatoms. The largest absolute Gasteiger partial charge is 0.382 e. The van der Waals surface area contributed by atoms with E-state index in [1.54, 1.807) is 12.1 Å². The third-order valence-electron chi connectivity index (χ3n) is 2.88. The average Bonchev–Trinajstić information content (AvgIpc) is 2.38. The van der Waals surface area contributed by atoms with Crippen LogP contribution in [0.4, 0.5) is 5.69 Å². The van der Waals surface area contributed by atoms with Gasteiger partial charge in [0, 0.05) is 30.9 Å². The Morgan fingerprint density at radius 3 is 2.78 bits per heavy atom. The molecule has 0 heterocycles. The SMILES string of the molecule is CCOCCC(Cc1ccccc1[N+](=O)[O-])NC. The first-order valence-corrected chi connectivity index (χ1v) is 6.16. The Balaban J connectivity index is 2.66. The smallest absolute Gasteiger partial charge is 0.272 e. The molecule has 0 saturated carbocycles. The molecule has 0 aliphatic heterocycles. The minimum atomic E-state index is -0.329. The van der Waals surface area contributed by atoms with Crippen LogP contribution in [0.25, 0.3) is 0 Å². The van der Waals surface area contributed by atoms with Crippen molar-refractivity contribution >= 4 is 5.69 Å².